The summed E-state index contributed by atoms with van der Waals surface area (Å²) in [6.07, 6.45) is 17.7. The van der Waals surface area contributed by atoms with E-state index in [0.717, 1.165) is 24.2 Å². The number of ether oxygens (including phenoxy) is 3. The molecule has 1 fully saturated rings. The van der Waals surface area contributed by atoms with Crippen LogP contribution < -0.4 is 4.74 Å². The van der Waals surface area contributed by atoms with E-state index in [1.165, 1.54) is 77.0 Å². The zero-order valence-corrected chi connectivity index (χ0v) is 20.2. The summed E-state index contributed by atoms with van der Waals surface area (Å²) < 4.78 is 17.2. The van der Waals surface area contributed by atoms with Crippen molar-refractivity contribution >= 4 is 0 Å². The molecule has 0 amide bonds. The van der Waals surface area contributed by atoms with Gasteiger partial charge in [0.05, 0.1) is 25.9 Å². The standard InChI is InChI=1S/C26H43N3O3/c1-3-4-5-6-7-8-9-10-11-12-13-14-15-16-25-24(28-29-27)21-31-26(32-25)22-17-19-23(30-2)20-18-22/h17-20,24-26H,3-16,21H2,1-2H3/t24-,25-,26?/m0/s1. The summed E-state index contributed by atoms with van der Waals surface area (Å²) in [6, 6.07) is 7.47. The highest BCUT2D eigenvalue weighted by Gasteiger charge is 2.31. The molecule has 1 saturated heterocycles. The molecule has 3 atom stereocenters. The Balaban J connectivity index is 1.60. The van der Waals surface area contributed by atoms with Crippen molar-refractivity contribution < 1.29 is 14.2 Å². The molecule has 1 heterocycles. The molecule has 0 radical (unpaired) electrons. The molecule has 180 valence electrons. The fourth-order valence-electron chi connectivity index (χ4n) is 4.32. The van der Waals surface area contributed by atoms with Gasteiger partial charge in [-0.15, -0.1) is 0 Å². The van der Waals surface area contributed by atoms with E-state index < -0.39 is 6.29 Å². The Morgan fingerprint density at radius 1 is 0.906 bits per heavy atom. The second-order valence-corrected chi connectivity index (χ2v) is 8.92. The first-order valence-corrected chi connectivity index (χ1v) is 12.7. The minimum Gasteiger partial charge on any atom is -0.497 e. The molecule has 0 aliphatic carbocycles. The number of unbranched alkanes of at least 4 members (excludes halogenated alkanes) is 12. The third-order valence-electron chi connectivity index (χ3n) is 6.33. The molecule has 0 aromatic heterocycles. The predicted octanol–water partition coefficient (Wildman–Crippen LogP) is 8.27. The summed E-state index contributed by atoms with van der Waals surface area (Å²) in [5, 5.41) is 3.91. The summed E-state index contributed by atoms with van der Waals surface area (Å²) in [5.74, 6) is 0.806. The Labute approximate surface area is 194 Å². The van der Waals surface area contributed by atoms with Crippen LogP contribution in [-0.2, 0) is 9.47 Å². The maximum Gasteiger partial charge on any atom is 0.184 e. The van der Waals surface area contributed by atoms with E-state index in [1.807, 2.05) is 24.3 Å². The molecule has 1 aliphatic rings. The molecular weight excluding hydrogens is 402 g/mol. The van der Waals surface area contributed by atoms with Crippen molar-refractivity contribution in [3.63, 3.8) is 0 Å². The molecule has 6 nitrogen and oxygen atoms in total. The van der Waals surface area contributed by atoms with Crippen LogP contribution in [-0.4, -0.2) is 25.9 Å². The molecule has 1 aromatic carbocycles. The third kappa shape index (κ3) is 10.2. The number of benzene rings is 1. The molecule has 1 aliphatic heterocycles. The molecule has 0 saturated carbocycles. The Morgan fingerprint density at radius 2 is 1.47 bits per heavy atom. The van der Waals surface area contributed by atoms with Crippen LogP contribution in [0.2, 0.25) is 0 Å². The van der Waals surface area contributed by atoms with E-state index in [-0.39, 0.29) is 12.1 Å². The Morgan fingerprint density at radius 3 is 2.00 bits per heavy atom. The Bertz CT molecular complexity index is 646. The summed E-state index contributed by atoms with van der Waals surface area (Å²) in [4.78, 5) is 2.99. The molecule has 2 rings (SSSR count). The topological polar surface area (TPSA) is 76.5 Å². The van der Waals surface area contributed by atoms with Crippen molar-refractivity contribution in [3.8, 4) is 5.75 Å². The fraction of sp³-hybridized carbons (Fsp3) is 0.769. The highest BCUT2D eigenvalue weighted by Crippen LogP contribution is 2.31. The van der Waals surface area contributed by atoms with E-state index in [0.29, 0.717) is 6.61 Å². The summed E-state index contributed by atoms with van der Waals surface area (Å²) in [7, 11) is 1.65. The van der Waals surface area contributed by atoms with Crippen molar-refractivity contribution in [1.82, 2.24) is 0 Å². The van der Waals surface area contributed by atoms with E-state index in [2.05, 4.69) is 16.9 Å². The van der Waals surface area contributed by atoms with Gasteiger partial charge in [-0.05, 0) is 24.1 Å². The summed E-state index contributed by atoms with van der Waals surface area (Å²) in [6.45, 7) is 2.67. The van der Waals surface area contributed by atoms with Crippen LogP contribution in [0.5, 0.6) is 5.75 Å². The molecular formula is C26H43N3O3. The molecule has 1 aromatic rings. The van der Waals surface area contributed by atoms with Crippen molar-refractivity contribution in [2.75, 3.05) is 13.7 Å². The second kappa shape index (κ2) is 16.8. The first-order chi connectivity index (χ1) is 15.8. The van der Waals surface area contributed by atoms with Crippen molar-refractivity contribution in [3.05, 3.63) is 40.3 Å². The van der Waals surface area contributed by atoms with E-state index in [1.54, 1.807) is 7.11 Å². The highest BCUT2D eigenvalue weighted by atomic mass is 16.7. The SMILES string of the molecule is CCCCCCCCCCCCCCC[C@@H]1OC(c2ccc(OC)cc2)OC[C@@H]1N=[N+]=[N-]. The molecule has 0 N–H and O–H groups in total. The van der Waals surface area contributed by atoms with E-state index in [9.17, 15) is 0 Å². The number of methoxy groups -OCH3 is 1. The van der Waals surface area contributed by atoms with Gasteiger partial charge in [0.1, 0.15) is 5.75 Å². The van der Waals surface area contributed by atoms with Crippen LogP contribution >= 0.6 is 0 Å². The van der Waals surface area contributed by atoms with Gasteiger partial charge < -0.3 is 14.2 Å². The van der Waals surface area contributed by atoms with Crippen LogP contribution in [0.1, 0.15) is 109 Å². The third-order valence-corrected chi connectivity index (χ3v) is 6.33. The molecule has 32 heavy (non-hydrogen) atoms. The quantitative estimate of drug-likeness (QED) is 0.105. The fourth-order valence-corrected chi connectivity index (χ4v) is 4.32. The average Bonchev–Trinajstić information content (AvgIpc) is 2.83. The van der Waals surface area contributed by atoms with Gasteiger partial charge in [0.25, 0.3) is 0 Å². The number of azide groups is 1. The Hall–Kier alpha value is -1.75. The number of hydrogen-bond donors (Lipinski definition) is 0. The highest BCUT2D eigenvalue weighted by molar-refractivity contribution is 5.28. The van der Waals surface area contributed by atoms with E-state index >= 15 is 0 Å². The number of nitrogens with zero attached hydrogens (tertiary/aromatic N) is 3. The molecule has 6 heteroatoms. The number of hydrogen-bond acceptors (Lipinski definition) is 4. The zero-order valence-electron chi connectivity index (χ0n) is 20.2. The maximum atomic E-state index is 8.89. The van der Waals surface area contributed by atoms with Crippen LogP contribution in [0.4, 0.5) is 0 Å². The minimum atomic E-state index is -0.418. The summed E-state index contributed by atoms with van der Waals surface area (Å²) in [5.41, 5.74) is 9.85. The lowest BCUT2D eigenvalue weighted by molar-refractivity contribution is -0.226. The van der Waals surface area contributed by atoms with Crippen LogP contribution in [0.15, 0.2) is 29.4 Å². The lowest BCUT2D eigenvalue weighted by Gasteiger charge is -2.34. The first kappa shape index (κ1) is 26.5. The normalized spacial score (nSPS) is 20.6. The molecule has 0 bridgehead atoms. The van der Waals surface area contributed by atoms with Crippen LogP contribution in [0.25, 0.3) is 10.4 Å². The van der Waals surface area contributed by atoms with Gasteiger partial charge in [0.15, 0.2) is 6.29 Å². The first-order valence-electron chi connectivity index (χ1n) is 12.7. The molecule has 1 unspecified atom stereocenters. The monoisotopic (exact) mass is 445 g/mol. The predicted molar refractivity (Wildman–Crippen MR) is 130 cm³/mol. The lowest BCUT2D eigenvalue weighted by Crippen LogP contribution is -2.39. The van der Waals surface area contributed by atoms with Crippen LogP contribution in [0.3, 0.4) is 0 Å². The van der Waals surface area contributed by atoms with Crippen molar-refractivity contribution in [2.24, 2.45) is 5.11 Å². The van der Waals surface area contributed by atoms with Gasteiger partial charge in [0.2, 0.25) is 0 Å². The average molecular weight is 446 g/mol. The summed E-state index contributed by atoms with van der Waals surface area (Å²) >= 11 is 0. The van der Waals surface area contributed by atoms with Gasteiger partial charge in [0, 0.05) is 10.5 Å². The maximum absolute atomic E-state index is 8.89. The molecule has 0 spiro atoms. The Kier molecular flexibility index (Phi) is 13.9. The zero-order chi connectivity index (χ0) is 22.9. The van der Waals surface area contributed by atoms with Gasteiger partial charge >= 0.3 is 0 Å². The number of rotatable bonds is 17. The minimum absolute atomic E-state index is 0.0977. The largest absolute Gasteiger partial charge is 0.497 e. The smallest absolute Gasteiger partial charge is 0.184 e. The lowest BCUT2D eigenvalue weighted by atomic mass is 10.0. The van der Waals surface area contributed by atoms with Crippen molar-refractivity contribution in [2.45, 2.75) is 115 Å². The van der Waals surface area contributed by atoms with E-state index in [4.69, 9.17) is 19.7 Å². The van der Waals surface area contributed by atoms with Gasteiger partial charge in [-0.2, -0.15) is 0 Å². The van der Waals surface area contributed by atoms with Gasteiger partial charge in [-0.3, -0.25) is 0 Å². The second-order valence-electron chi connectivity index (χ2n) is 8.92. The van der Waals surface area contributed by atoms with Gasteiger partial charge in [-0.25, -0.2) is 0 Å². The van der Waals surface area contributed by atoms with Crippen LogP contribution in [0, 0.1) is 0 Å². The van der Waals surface area contributed by atoms with Gasteiger partial charge in [-0.1, -0.05) is 108 Å². The van der Waals surface area contributed by atoms with Crippen molar-refractivity contribution in [1.29, 1.82) is 0 Å².